The van der Waals surface area contributed by atoms with Crippen LogP contribution in [-0.4, -0.2) is 16.1 Å². The van der Waals surface area contributed by atoms with E-state index in [1.807, 2.05) is 41.7 Å². The van der Waals surface area contributed by atoms with Crippen LogP contribution in [0.4, 0.5) is 0 Å². The van der Waals surface area contributed by atoms with Crippen molar-refractivity contribution < 1.29 is 4.79 Å². The third kappa shape index (κ3) is 2.79. The Morgan fingerprint density at radius 1 is 1.29 bits per heavy atom. The molecule has 14 heavy (non-hydrogen) atoms. The maximum atomic E-state index is 11.2. The molecule has 0 amide bonds. The molecule has 1 atom stereocenters. The maximum absolute atomic E-state index is 11.2. The zero-order valence-electron chi connectivity index (χ0n) is 7.81. The van der Waals surface area contributed by atoms with Crippen LogP contribution < -0.4 is 0 Å². The van der Waals surface area contributed by atoms with E-state index >= 15 is 0 Å². The van der Waals surface area contributed by atoms with Crippen LogP contribution in [0.5, 0.6) is 0 Å². The van der Waals surface area contributed by atoms with E-state index < -0.39 is 0 Å². The topological polar surface area (TPSA) is 17.1 Å². The molecule has 1 aromatic carbocycles. The molecule has 1 fully saturated rings. The second-order valence-electron chi connectivity index (χ2n) is 3.22. The largest absolute Gasteiger partial charge is 0.300 e. The Hall–Kier alpha value is -0.410. The van der Waals surface area contributed by atoms with E-state index in [9.17, 15) is 4.79 Å². The third-order valence-electron chi connectivity index (χ3n) is 2.09. The Kier molecular flexibility index (Phi) is 3.54. The highest BCUT2D eigenvalue weighted by molar-refractivity contribution is 8.17. The van der Waals surface area contributed by atoms with E-state index in [1.165, 1.54) is 4.90 Å². The van der Waals surface area contributed by atoms with Crippen LogP contribution in [0.2, 0.25) is 0 Å². The van der Waals surface area contributed by atoms with Crippen molar-refractivity contribution in [3.63, 3.8) is 0 Å². The summed E-state index contributed by atoms with van der Waals surface area (Å²) in [6.07, 6.45) is 1.49. The fourth-order valence-electron chi connectivity index (χ4n) is 1.38. The van der Waals surface area contributed by atoms with Gasteiger partial charge in [0, 0.05) is 23.5 Å². The summed E-state index contributed by atoms with van der Waals surface area (Å²) < 4.78 is 0.429. The van der Waals surface area contributed by atoms with Gasteiger partial charge in [-0.1, -0.05) is 18.2 Å². The second kappa shape index (κ2) is 4.89. The predicted octanol–water partition coefficient (Wildman–Crippen LogP) is 3.20. The summed E-state index contributed by atoms with van der Waals surface area (Å²) in [6, 6.07) is 10.3. The summed E-state index contributed by atoms with van der Waals surface area (Å²) in [7, 11) is 0. The van der Waals surface area contributed by atoms with Crippen molar-refractivity contribution in [3.8, 4) is 0 Å². The molecule has 1 aliphatic rings. The minimum absolute atomic E-state index is 0.414. The first-order valence-electron chi connectivity index (χ1n) is 4.69. The van der Waals surface area contributed by atoms with Crippen molar-refractivity contribution in [2.45, 2.75) is 22.3 Å². The molecule has 0 aliphatic carbocycles. The summed E-state index contributed by atoms with van der Waals surface area (Å²) in [6.45, 7) is 0. The summed E-state index contributed by atoms with van der Waals surface area (Å²) in [4.78, 5) is 12.5. The Morgan fingerprint density at radius 2 is 2.07 bits per heavy atom. The van der Waals surface area contributed by atoms with Crippen molar-refractivity contribution in [3.05, 3.63) is 30.3 Å². The quantitative estimate of drug-likeness (QED) is 0.768. The van der Waals surface area contributed by atoms with Crippen molar-refractivity contribution in [1.82, 2.24) is 0 Å². The molecule has 1 unspecified atom stereocenters. The highest BCUT2D eigenvalue weighted by Gasteiger charge is 2.20. The molecule has 3 heteroatoms. The van der Waals surface area contributed by atoms with E-state index in [4.69, 9.17) is 0 Å². The minimum Gasteiger partial charge on any atom is -0.300 e. The van der Waals surface area contributed by atoms with Gasteiger partial charge in [0.05, 0.1) is 4.58 Å². The first-order chi connectivity index (χ1) is 6.84. The number of benzene rings is 1. The highest BCUT2D eigenvalue weighted by Crippen LogP contribution is 2.36. The number of hydrogen-bond donors (Lipinski definition) is 0. The predicted molar refractivity (Wildman–Crippen MR) is 62.8 cm³/mol. The zero-order chi connectivity index (χ0) is 9.80. The first-order valence-corrected chi connectivity index (χ1v) is 6.62. The van der Waals surface area contributed by atoms with Crippen molar-refractivity contribution in [2.75, 3.05) is 5.75 Å². The smallest absolute Gasteiger partial charge is 0.135 e. The van der Waals surface area contributed by atoms with Crippen molar-refractivity contribution in [1.29, 1.82) is 0 Å². The van der Waals surface area contributed by atoms with Gasteiger partial charge in [-0.25, -0.2) is 0 Å². The Balaban J connectivity index is 1.94. The lowest BCUT2D eigenvalue weighted by atomic mass is 10.2. The van der Waals surface area contributed by atoms with Crippen LogP contribution >= 0.6 is 23.5 Å². The van der Waals surface area contributed by atoms with E-state index in [1.54, 1.807) is 0 Å². The average Bonchev–Trinajstić information content (AvgIpc) is 2.19. The number of carbonyl (C=O) groups excluding carboxylic acids is 1. The number of rotatable bonds is 2. The van der Waals surface area contributed by atoms with E-state index in [2.05, 4.69) is 12.1 Å². The maximum Gasteiger partial charge on any atom is 0.135 e. The summed E-state index contributed by atoms with van der Waals surface area (Å²) >= 11 is 3.71. The molecule has 1 heterocycles. The number of Topliss-reactive ketones (excluding diaryl/α,β-unsaturated/α-hetero) is 1. The van der Waals surface area contributed by atoms with Crippen LogP contribution in [0.1, 0.15) is 12.8 Å². The Labute approximate surface area is 92.7 Å². The van der Waals surface area contributed by atoms with Gasteiger partial charge in [-0.15, -0.1) is 23.5 Å². The molecular weight excluding hydrogens is 212 g/mol. The van der Waals surface area contributed by atoms with Gasteiger partial charge in [-0.3, -0.25) is 4.79 Å². The van der Waals surface area contributed by atoms with Crippen molar-refractivity contribution >= 4 is 29.3 Å². The molecule has 0 aromatic heterocycles. The van der Waals surface area contributed by atoms with Crippen LogP contribution in [0.3, 0.4) is 0 Å². The normalized spacial score (nSPS) is 22.3. The molecule has 1 aromatic rings. The van der Waals surface area contributed by atoms with Crippen LogP contribution in [0, 0.1) is 0 Å². The highest BCUT2D eigenvalue weighted by atomic mass is 32.2. The summed E-state index contributed by atoms with van der Waals surface area (Å²) in [5.41, 5.74) is 0. The molecular formula is C11H12OS2. The van der Waals surface area contributed by atoms with E-state index in [0.29, 0.717) is 10.4 Å². The van der Waals surface area contributed by atoms with Gasteiger partial charge in [-0.2, -0.15) is 0 Å². The minimum atomic E-state index is 0.414. The molecule has 0 radical (unpaired) electrons. The van der Waals surface area contributed by atoms with Gasteiger partial charge < -0.3 is 0 Å². The number of carbonyl (C=O) groups is 1. The van der Waals surface area contributed by atoms with Crippen LogP contribution in [0.25, 0.3) is 0 Å². The second-order valence-corrected chi connectivity index (χ2v) is 6.11. The number of ketones is 1. The zero-order valence-corrected chi connectivity index (χ0v) is 9.44. The molecule has 0 N–H and O–H groups in total. The van der Waals surface area contributed by atoms with Crippen LogP contribution in [-0.2, 0) is 4.79 Å². The average molecular weight is 224 g/mol. The number of thioether (sulfide) groups is 2. The van der Waals surface area contributed by atoms with Crippen LogP contribution in [0.15, 0.2) is 35.2 Å². The summed E-state index contributed by atoms with van der Waals surface area (Å²) in [5.74, 6) is 1.40. The fourth-order valence-corrected chi connectivity index (χ4v) is 4.07. The van der Waals surface area contributed by atoms with Gasteiger partial charge in [0.2, 0.25) is 0 Å². The van der Waals surface area contributed by atoms with Gasteiger partial charge in [0.25, 0.3) is 0 Å². The molecule has 0 saturated carbocycles. The van der Waals surface area contributed by atoms with E-state index in [0.717, 1.165) is 18.6 Å². The van der Waals surface area contributed by atoms with Gasteiger partial charge >= 0.3 is 0 Å². The monoisotopic (exact) mass is 224 g/mol. The van der Waals surface area contributed by atoms with Gasteiger partial charge in [-0.05, 0) is 12.1 Å². The molecule has 74 valence electrons. The van der Waals surface area contributed by atoms with Gasteiger partial charge in [0.15, 0.2) is 0 Å². The molecule has 0 bridgehead atoms. The van der Waals surface area contributed by atoms with Crippen molar-refractivity contribution in [2.24, 2.45) is 0 Å². The van der Waals surface area contributed by atoms with E-state index in [-0.39, 0.29) is 0 Å². The first kappa shape index (κ1) is 10.1. The molecule has 1 aliphatic heterocycles. The lowest BCUT2D eigenvalue weighted by Gasteiger charge is -2.19. The lowest BCUT2D eigenvalue weighted by Crippen LogP contribution is -2.14. The fraction of sp³-hybridized carbons (Fsp3) is 0.364. The molecule has 2 rings (SSSR count). The Morgan fingerprint density at radius 3 is 2.79 bits per heavy atom. The molecule has 1 saturated heterocycles. The van der Waals surface area contributed by atoms with Gasteiger partial charge in [0.1, 0.15) is 5.78 Å². The molecule has 0 spiro atoms. The molecule has 1 nitrogen and oxygen atoms in total. The standard InChI is InChI=1S/C11H12OS2/c12-9-6-7-13-11(8-9)14-10-4-2-1-3-5-10/h1-5,11H,6-8H2. The summed E-state index contributed by atoms with van der Waals surface area (Å²) in [5, 5.41) is 0. The SMILES string of the molecule is O=C1CCSC(Sc2ccccc2)C1. The lowest BCUT2D eigenvalue weighted by molar-refractivity contribution is -0.118. The third-order valence-corrected chi connectivity index (χ3v) is 4.74. The Bertz CT molecular complexity index is 310. The number of hydrogen-bond acceptors (Lipinski definition) is 3.